The molecule has 4 amide bonds. The molecular formula is C35H47N5O7. The Morgan fingerprint density at radius 3 is 2.17 bits per heavy atom. The lowest BCUT2D eigenvalue weighted by Gasteiger charge is -2.27. The number of carbonyl (C=O) groups is 5. The van der Waals surface area contributed by atoms with Crippen LogP contribution in [0, 0.1) is 5.92 Å². The molecule has 12 nitrogen and oxygen atoms in total. The molecule has 0 saturated carbocycles. The molecule has 3 rings (SSSR count). The molecule has 1 heterocycles. The van der Waals surface area contributed by atoms with Crippen molar-refractivity contribution in [3.05, 3.63) is 71.9 Å². The van der Waals surface area contributed by atoms with E-state index in [-0.39, 0.29) is 25.2 Å². The maximum Gasteiger partial charge on any atom is 0.408 e. The number of carbonyl (C=O) groups excluding carboxylic acids is 4. The number of fused-ring (bicyclic) bond motifs is 1. The van der Waals surface area contributed by atoms with Gasteiger partial charge >= 0.3 is 12.1 Å². The van der Waals surface area contributed by atoms with Crippen LogP contribution in [0.15, 0.2) is 60.8 Å². The van der Waals surface area contributed by atoms with Crippen molar-refractivity contribution in [3.63, 3.8) is 0 Å². The summed E-state index contributed by atoms with van der Waals surface area (Å²) in [5, 5.41) is 21.2. The number of carboxylic acid groups (broad SMARTS) is 1. The first-order chi connectivity index (χ1) is 22.2. The van der Waals surface area contributed by atoms with Gasteiger partial charge in [-0.05, 0) is 56.7 Å². The van der Waals surface area contributed by atoms with Gasteiger partial charge in [0.25, 0.3) is 0 Å². The number of hydrogen-bond donors (Lipinski definition) is 6. The van der Waals surface area contributed by atoms with Crippen LogP contribution in [0.3, 0.4) is 0 Å². The van der Waals surface area contributed by atoms with Crippen LogP contribution >= 0.6 is 0 Å². The number of nitrogens with one attached hydrogen (secondary N) is 5. The Bertz CT molecular complexity index is 1510. The average molecular weight is 650 g/mol. The summed E-state index contributed by atoms with van der Waals surface area (Å²) >= 11 is 0. The molecule has 0 aliphatic carbocycles. The molecule has 0 unspecified atom stereocenters. The Balaban J connectivity index is 1.73. The first kappa shape index (κ1) is 36.6. The number of alkyl carbamates (subject to hydrolysis) is 1. The van der Waals surface area contributed by atoms with Gasteiger partial charge in [-0.25, -0.2) is 4.79 Å². The highest BCUT2D eigenvalue weighted by Gasteiger charge is 2.31. The van der Waals surface area contributed by atoms with Crippen LogP contribution in [0.25, 0.3) is 10.9 Å². The number of aromatic nitrogens is 1. The number of rotatable bonds is 16. The van der Waals surface area contributed by atoms with Crippen LogP contribution < -0.4 is 21.3 Å². The van der Waals surface area contributed by atoms with Crippen molar-refractivity contribution in [2.24, 2.45) is 5.92 Å². The van der Waals surface area contributed by atoms with E-state index >= 15 is 0 Å². The lowest BCUT2D eigenvalue weighted by molar-refractivity contribution is -0.138. The number of aliphatic carboxylic acids is 1. The SMILES string of the molecule is CC(C)C[C@H](NC(=O)[C@H](Cc1c[nH]c2ccccc12)NC(=O)OC(C)(C)C)C(=O)N[C@H](CC(=O)O)CC(=O)NCCc1ccccc1. The maximum atomic E-state index is 13.7. The molecule has 2 aromatic carbocycles. The fourth-order valence-electron chi connectivity index (χ4n) is 5.13. The van der Waals surface area contributed by atoms with Crippen molar-refractivity contribution in [3.8, 4) is 0 Å². The second-order valence-electron chi connectivity index (χ2n) is 13.0. The lowest BCUT2D eigenvalue weighted by atomic mass is 10.00. The van der Waals surface area contributed by atoms with E-state index in [1.54, 1.807) is 27.0 Å². The minimum atomic E-state index is -1.18. The van der Waals surface area contributed by atoms with E-state index in [0.29, 0.717) is 13.0 Å². The Hall–Kier alpha value is -4.87. The summed E-state index contributed by atoms with van der Waals surface area (Å²) in [6.45, 7) is 9.24. The molecule has 3 atom stereocenters. The quantitative estimate of drug-likeness (QED) is 0.136. The Morgan fingerprint density at radius 2 is 1.51 bits per heavy atom. The van der Waals surface area contributed by atoms with Crippen molar-refractivity contribution < 1.29 is 33.8 Å². The zero-order valence-corrected chi connectivity index (χ0v) is 27.7. The second-order valence-corrected chi connectivity index (χ2v) is 13.0. The number of carboxylic acids is 1. The fraction of sp³-hybridized carbons (Fsp3) is 0.457. The number of hydrogen-bond acceptors (Lipinski definition) is 6. The van der Waals surface area contributed by atoms with E-state index in [2.05, 4.69) is 26.3 Å². The smallest absolute Gasteiger partial charge is 0.408 e. The molecule has 6 N–H and O–H groups in total. The van der Waals surface area contributed by atoms with Crippen LogP contribution in [0.5, 0.6) is 0 Å². The molecular weight excluding hydrogens is 602 g/mol. The topological polar surface area (TPSA) is 179 Å². The van der Waals surface area contributed by atoms with Gasteiger partial charge in [-0.1, -0.05) is 62.4 Å². The van der Waals surface area contributed by atoms with Gasteiger partial charge in [0.2, 0.25) is 17.7 Å². The number of ether oxygens (including phenoxy) is 1. The van der Waals surface area contributed by atoms with Gasteiger partial charge in [-0.3, -0.25) is 19.2 Å². The van der Waals surface area contributed by atoms with Crippen molar-refractivity contribution in [2.75, 3.05) is 6.54 Å². The number of para-hydroxylation sites is 1. The van der Waals surface area contributed by atoms with Crippen LogP contribution in [-0.2, 0) is 36.8 Å². The molecule has 0 bridgehead atoms. The van der Waals surface area contributed by atoms with Crippen LogP contribution in [0.2, 0.25) is 0 Å². The molecule has 0 aliphatic heterocycles. The highest BCUT2D eigenvalue weighted by atomic mass is 16.6. The van der Waals surface area contributed by atoms with E-state index in [0.717, 1.165) is 22.0 Å². The molecule has 0 radical (unpaired) electrons. The van der Waals surface area contributed by atoms with Gasteiger partial charge in [0, 0.05) is 42.5 Å². The molecule has 0 fully saturated rings. The van der Waals surface area contributed by atoms with E-state index in [1.165, 1.54) is 0 Å². The highest BCUT2D eigenvalue weighted by molar-refractivity contribution is 5.93. The lowest BCUT2D eigenvalue weighted by Crippen LogP contribution is -2.56. The van der Waals surface area contributed by atoms with Crippen molar-refractivity contribution in [1.29, 1.82) is 0 Å². The van der Waals surface area contributed by atoms with Gasteiger partial charge in [-0.2, -0.15) is 0 Å². The van der Waals surface area contributed by atoms with Crippen LogP contribution in [0.1, 0.15) is 65.0 Å². The normalized spacial score (nSPS) is 13.3. The number of aromatic amines is 1. The molecule has 47 heavy (non-hydrogen) atoms. The van der Waals surface area contributed by atoms with Crippen molar-refractivity contribution in [1.82, 2.24) is 26.3 Å². The Kier molecular flexibility index (Phi) is 13.4. The minimum Gasteiger partial charge on any atom is -0.481 e. The third-order valence-corrected chi connectivity index (χ3v) is 7.22. The highest BCUT2D eigenvalue weighted by Crippen LogP contribution is 2.20. The molecule has 12 heteroatoms. The third kappa shape index (κ3) is 12.8. The summed E-state index contributed by atoms with van der Waals surface area (Å²) in [7, 11) is 0. The van der Waals surface area contributed by atoms with Gasteiger partial charge in [0.15, 0.2) is 0 Å². The number of benzene rings is 2. The molecule has 0 saturated heterocycles. The molecule has 3 aromatic rings. The summed E-state index contributed by atoms with van der Waals surface area (Å²) in [5.74, 6) is -2.86. The van der Waals surface area contributed by atoms with Gasteiger partial charge in [0.1, 0.15) is 17.7 Å². The summed E-state index contributed by atoms with van der Waals surface area (Å²) in [6, 6.07) is 14.0. The Morgan fingerprint density at radius 1 is 0.851 bits per heavy atom. The van der Waals surface area contributed by atoms with E-state index in [4.69, 9.17) is 4.74 Å². The van der Waals surface area contributed by atoms with Crippen LogP contribution in [0.4, 0.5) is 4.79 Å². The first-order valence-electron chi connectivity index (χ1n) is 15.9. The predicted octanol–water partition coefficient (Wildman–Crippen LogP) is 3.84. The summed E-state index contributed by atoms with van der Waals surface area (Å²) in [5.41, 5.74) is 1.88. The minimum absolute atomic E-state index is 0.0314. The number of H-pyrrole nitrogens is 1. The Labute approximate surface area is 275 Å². The van der Waals surface area contributed by atoms with Crippen LogP contribution in [-0.4, -0.2) is 70.1 Å². The third-order valence-electron chi connectivity index (χ3n) is 7.22. The molecule has 254 valence electrons. The molecule has 0 spiro atoms. The van der Waals surface area contributed by atoms with E-state index in [1.807, 2.05) is 68.4 Å². The second kappa shape index (κ2) is 17.2. The number of amides is 4. The fourth-order valence-corrected chi connectivity index (χ4v) is 5.13. The zero-order valence-electron chi connectivity index (χ0n) is 27.7. The van der Waals surface area contributed by atoms with Crippen molar-refractivity contribution >= 4 is 40.7 Å². The molecule has 1 aromatic heterocycles. The monoisotopic (exact) mass is 649 g/mol. The average Bonchev–Trinajstić information content (AvgIpc) is 3.38. The van der Waals surface area contributed by atoms with Gasteiger partial charge in [-0.15, -0.1) is 0 Å². The summed E-state index contributed by atoms with van der Waals surface area (Å²) in [6.07, 6.45) is 1.18. The summed E-state index contributed by atoms with van der Waals surface area (Å²) < 4.78 is 5.41. The standard InChI is InChI=1S/C35H47N5O7/c1-22(2)17-28(32(44)38-25(20-31(42)43)19-30(41)36-16-15-23-11-7-6-8-12-23)39-33(45)29(40-34(46)47-35(3,4)5)18-24-21-37-27-14-10-9-13-26(24)27/h6-14,21-22,25,28-29,37H,15-20H2,1-5H3,(H,36,41)(H,38,44)(H,39,45)(H,40,46)(H,42,43)/t25-,28-,29-/m0/s1. The first-order valence-corrected chi connectivity index (χ1v) is 15.9. The van der Waals surface area contributed by atoms with Gasteiger partial charge < -0.3 is 36.1 Å². The summed E-state index contributed by atoms with van der Waals surface area (Å²) in [4.78, 5) is 67.5. The van der Waals surface area contributed by atoms with Gasteiger partial charge in [0.05, 0.1) is 6.42 Å². The largest absolute Gasteiger partial charge is 0.481 e. The zero-order chi connectivity index (χ0) is 34.6. The van der Waals surface area contributed by atoms with E-state index < -0.39 is 59.9 Å². The van der Waals surface area contributed by atoms with E-state index in [9.17, 15) is 29.1 Å². The predicted molar refractivity (Wildman–Crippen MR) is 179 cm³/mol. The van der Waals surface area contributed by atoms with Crippen molar-refractivity contribution in [2.45, 2.75) is 90.4 Å². The molecule has 0 aliphatic rings. The maximum absolute atomic E-state index is 13.7.